The molecule has 92 valence electrons. The van der Waals surface area contributed by atoms with E-state index in [1.54, 1.807) is 25.3 Å². The summed E-state index contributed by atoms with van der Waals surface area (Å²) in [5.41, 5.74) is 0.929. The van der Waals surface area contributed by atoms with Crippen molar-refractivity contribution >= 4 is 17.5 Å². The van der Waals surface area contributed by atoms with E-state index in [9.17, 15) is 9.59 Å². The number of carbonyl (C=O) groups is 1. The normalized spacial score (nSPS) is 10.3. The van der Waals surface area contributed by atoms with Crippen LogP contribution in [0.4, 0.5) is 0 Å². The SMILES string of the molecule is CC(=O)c1cccnc1Sc1nc(C)cc(=O)[nH]1. The van der Waals surface area contributed by atoms with Crippen molar-refractivity contribution in [1.29, 1.82) is 0 Å². The van der Waals surface area contributed by atoms with Crippen molar-refractivity contribution in [3.8, 4) is 0 Å². The van der Waals surface area contributed by atoms with E-state index < -0.39 is 0 Å². The van der Waals surface area contributed by atoms with Crippen molar-refractivity contribution in [2.24, 2.45) is 0 Å². The number of aromatic amines is 1. The Morgan fingerprint density at radius 1 is 1.44 bits per heavy atom. The lowest BCUT2D eigenvalue weighted by Gasteiger charge is -2.04. The summed E-state index contributed by atoms with van der Waals surface area (Å²) in [6.45, 7) is 3.22. The minimum Gasteiger partial charge on any atom is -0.301 e. The van der Waals surface area contributed by atoms with Crippen LogP contribution in [0.25, 0.3) is 0 Å². The van der Waals surface area contributed by atoms with Gasteiger partial charge in [0.05, 0.1) is 0 Å². The molecule has 2 rings (SSSR count). The highest BCUT2D eigenvalue weighted by atomic mass is 32.2. The van der Waals surface area contributed by atoms with Gasteiger partial charge in [0.2, 0.25) is 0 Å². The molecule has 0 aliphatic heterocycles. The van der Waals surface area contributed by atoms with Gasteiger partial charge in [0, 0.05) is 23.5 Å². The van der Waals surface area contributed by atoms with E-state index >= 15 is 0 Å². The van der Waals surface area contributed by atoms with Crippen LogP contribution in [0, 0.1) is 6.92 Å². The number of hydrogen-bond acceptors (Lipinski definition) is 5. The van der Waals surface area contributed by atoms with Gasteiger partial charge in [0.1, 0.15) is 5.03 Å². The van der Waals surface area contributed by atoms with Gasteiger partial charge >= 0.3 is 0 Å². The first kappa shape index (κ1) is 12.5. The van der Waals surface area contributed by atoms with E-state index in [0.717, 1.165) is 0 Å². The van der Waals surface area contributed by atoms with Crippen molar-refractivity contribution in [3.63, 3.8) is 0 Å². The number of pyridine rings is 1. The number of aryl methyl sites for hydroxylation is 1. The molecule has 2 aromatic heterocycles. The molecule has 5 nitrogen and oxygen atoms in total. The second kappa shape index (κ2) is 5.14. The van der Waals surface area contributed by atoms with Gasteiger partial charge in [-0.05, 0) is 37.7 Å². The number of rotatable bonds is 3. The zero-order valence-corrected chi connectivity index (χ0v) is 10.7. The molecule has 2 aromatic rings. The lowest BCUT2D eigenvalue weighted by atomic mass is 10.2. The molecular weight excluding hydrogens is 250 g/mol. The molecule has 0 atom stereocenters. The Bertz CT molecular complexity index is 652. The first-order valence-corrected chi connectivity index (χ1v) is 6.09. The highest BCUT2D eigenvalue weighted by molar-refractivity contribution is 7.99. The molecule has 0 spiro atoms. The van der Waals surface area contributed by atoms with Crippen LogP contribution in [0.15, 0.2) is 39.4 Å². The molecule has 1 N–H and O–H groups in total. The van der Waals surface area contributed by atoms with Gasteiger partial charge in [0.25, 0.3) is 5.56 Å². The summed E-state index contributed by atoms with van der Waals surface area (Å²) in [5.74, 6) is -0.0689. The zero-order chi connectivity index (χ0) is 13.1. The molecule has 2 heterocycles. The van der Waals surface area contributed by atoms with Crippen molar-refractivity contribution in [1.82, 2.24) is 15.0 Å². The maximum Gasteiger partial charge on any atom is 0.251 e. The van der Waals surface area contributed by atoms with Crippen LogP contribution >= 0.6 is 11.8 Å². The molecular formula is C12H11N3O2S. The average molecular weight is 261 g/mol. The van der Waals surface area contributed by atoms with Crippen LogP contribution < -0.4 is 5.56 Å². The number of hydrogen-bond donors (Lipinski definition) is 1. The highest BCUT2D eigenvalue weighted by Crippen LogP contribution is 2.25. The number of ketones is 1. The summed E-state index contributed by atoms with van der Waals surface area (Å²) < 4.78 is 0. The van der Waals surface area contributed by atoms with Crippen molar-refractivity contribution in [2.75, 3.05) is 0 Å². The van der Waals surface area contributed by atoms with Crippen LogP contribution in [0.1, 0.15) is 23.0 Å². The number of H-pyrrole nitrogens is 1. The quantitative estimate of drug-likeness (QED) is 0.673. The fourth-order valence-electron chi connectivity index (χ4n) is 1.43. The first-order chi connectivity index (χ1) is 8.56. The third kappa shape index (κ3) is 2.84. The van der Waals surface area contributed by atoms with Crippen LogP contribution in [0.5, 0.6) is 0 Å². The molecule has 6 heteroatoms. The molecule has 0 aliphatic rings. The third-order valence-corrected chi connectivity index (χ3v) is 3.10. The second-order valence-electron chi connectivity index (χ2n) is 3.71. The molecule has 0 aliphatic carbocycles. The molecule has 0 radical (unpaired) electrons. The van der Waals surface area contributed by atoms with Crippen LogP contribution in [0.2, 0.25) is 0 Å². The predicted octanol–water partition coefficient (Wildman–Crippen LogP) is 1.83. The van der Waals surface area contributed by atoms with Gasteiger partial charge in [-0.25, -0.2) is 9.97 Å². The predicted molar refractivity (Wildman–Crippen MR) is 68.0 cm³/mol. The van der Waals surface area contributed by atoms with Gasteiger partial charge in [-0.3, -0.25) is 9.59 Å². The Balaban J connectivity index is 2.40. The van der Waals surface area contributed by atoms with E-state index in [-0.39, 0.29) is 11.3 Å². The molecule has 0 saturated carbocycles. The second-order valence-corrected chi connectivity index (χ2v) is 4.68. The standard InChI is InChI=1S/C12H11N3O2S/c1-7-6-10(17)15-12(14-7)18-11-9(8(2)16)4-3-5-13-11/h3-6H,1-2H3,(H,14,15,17). The number of carbonyl (C=O) groups excluding carboxylic acids is 1. The van der Waals surface area contributed by atoms with Gasteiger partial charge in [-0.2, -0.15) is 0 Å². The number of aromatic nitrogens is 3. The van der Waals surface area contributed by atoms with Gasteiger partial charge in [-0.1, -0.05) is 0 Å². The fraction of sp³-hybridized carbons (Fsp3) is 0.167. The summed E-state index contributed by atoms with van der Waals surface area (Å²) >= 11 is 1.17. The molecule has 0 amide bonds. The maximum atomic E-state index is 11.4. The Morgan fingerprint density at radius 3 is 2.89 bits per heavy atom. The van der Waals surface area contributed by atoms with E-state index in [1.807, 2.05) is 0 Å². The molecule has 18 heavy (non-hydrogen) atoms. The van der Waals surface area contributed by atoms with Crippen molar-refractivity contribution in [2.45, 2.75) is 24.0 Å². The van der Waals surface area contributed by atoms with Gasteiger partial charge < -0.3 is 4.98 Å². The molecule has 0 unspecified atom stereocenters. The fourth-order valence-corrected chi connectivity index (χ4v) is 2.39. The van der Waals surface area contributed by atoms with E-state index in [0.29, 0.717) is 21.4 Å². The molecule has 0 fully saturated rings. The third-order valence-electron chi connectivity index (χ3n) is 2.19. The molecule has 0 aromatic carbocycles. The zero-order valence-electron chi connectivity index (χ0n) is 9.93. The lowest BCUT2D eigenvalue weighted by molar-refractivity contribution is 0.101. The Morgan fingerprint density at radius 2 is 2.22 bits per heavy atom. The molecule has 0 saturated heterocycles. The van der Waals surface area contributed by atoms with E-state index in [4.69, 9.17) is 0 Å². The van der Waals surface area contributed by atoms with Crippen LogP contribution in [-0.4, -0.2) is 20.7 Å². The Kier molecular flexibility index (Phi) is 3.57. The Labute approximate surface area is 108 Å². The monoisotopic (exact) mass is 261 g/mol. The minimum absolute atomic E-state index is 0.0689. The van der Waals surface area contributed by atoms with E-state index in [2.05, 4.69) is 15.0 Å². The average Bonchev–Trinajstić information content (AvgIpc) is 2.27. The van der Waals surface area contributed by atoms with Gasteiger partial charge in [-0.15, -0.1) is 0 Å². The smallest absolute Gasteiger partial charge is 0.251 e. The van der Waals surface area contributed by atoms with E-state index in [1.165, 1.54) is 24.8 Å². The summed E-state index contributed by atoms with van der Waals surface area (Å²) in [5, 5.41) is 0.972. The summed E-state index contributed by atoms with van der Waals surface area (Å²) in [7, 11) is 0. The van der Waals surface area contributed by atoms with Crippen LogP contribution in [-0.2, 0) is 0 Å². The van der Waals surface area contributed by atoms with Gasteiger partial charge in [0.15, 0.2) is 10.9 Å². The molecule has 0 bridgehead atoms. The highest BCUT2D eigenvalue weighted by Gasteiger charge is 2.10. The number of Topliss-reactive ketones (excluding diaryl/α,β-unsaturated/α-hetero) is 1. The van der Waals surface area contributed by atoms with Crippen molar-refractivity contribution < 1.29 is 4.79 Å². The Hall–Kier alpha value is -1.95. The largest absolute Gasteiger partial charge is 0.301 e. The topological polar surface area (TPSA) is 75.7 Å². The van der Waals surface area contributed by atoms with Crippen LogP contribution in [0.3, 0.4) is 0 Å². The number of nitrogens with one attached hydrogen (secondary N) is 1. The lowest BCUT2D eigenvalue weighted by Crippen LogP contribution is -2.08. The van der Waals surface area contributed by atoms with Crippen molar-refractivity contribution in [3.05, 3.63) is 46.0 Å². The summed E-state index contributed by atoms with van der Waals surface area (Å²) in [6.07, 6.45) is 1.60. The summed E-state index contributed by atoms with van der Waals surface area (Å²) in [4.78, 5) is 33.7. The first-order valence-electron chi connectivity index (χ1n) is 5.28. The maximum absolute atomic E-state index is 11.4. The number of nitrogens with zero attached hydrogens (tertiary/aromatic N) is 2. The summed E-state index contributed by atoms with van der Waals surface area (Å²) in [6, 6.07) is 4.81. The minimum atomic E-state index is -0.217.